The minimum atomic E-state index is -1.64. The van der Waals surface area contributed by atoms with Crippen LogP contribution in [0.15, 0.2) is 18.2 Å². The molecule has 0 saturated carbocycles. The molecule has 0 fully saturated rings. The van der Waals surface area contributed by atoms with Crippen LogP contribution in [0.3, 0.4) is 0 Å². The van der Waals surface area contributed by atoms with E-state index in [1.165, 1.54) is 6.92 Å². The molecule has 23 heavy (non-hydrogen) atoms. The monoisotopic (exact) mass is 330 g/mol. The lowest BCUT2D eigenvalue weighted by molar-refractivity contribution is 0.0553. The second-order valence-corrected chi connectivity index (χ2v) is 5.78. The third kappa shape index (κ3) is 6.92. The first kappa shape index (κ1) is 19.3. The normalized spacial score (nSPS) is 13.7. The number of ether oxygens (including phenoxy) is 1. The van der Waals surface area contributed by atoms with Crippen LogP contribution in [0.5, 0.6) is 0 Å². The Morgan fingerprint density at radius 3 is 2.65 bits per heavy atom. The van der Waals surface area contributed by atoms with Gasteiger partial charge in [0.05, 0.1) is 12.6 Å². The van der Waals surface area contributed by atoms with E-state index in [1.54, 1.807) is 0 Å². The van der Waals surface area contributed by atoms with E-state index in [0.717, 1.165) is 12.1 Å². The fourth-order valence-corrected chi connectivity index (χ4v) is 1.93. The lowest BCUT2D eigenvalue weighted by atomic mass is 9.95. The van der Waals surface area contributed by atoms with Gasteiger partial charge in [0.1, 0.15) is 17.2 Å². The highest BCUT2D eigenvalue weighted by Gasteiger charge is 2.27. The Bertz CT molecular complexity index is 522. The number of hydrogen-bond acceptors (Lipinski definition) is 3. The van der Waals surface area contributed by atoms with Crippen LogP contribution in [0, 0.1) is 11.6 Å². The molecule has 7 heteroatoms. The van der Waals surface area contributed by atoms with Gasteiger partial charge in [-0.25, -0.2) is 13.6 Å². The summed E-state index contributed by atoms with van der Waals surface area (Å²) in [5, 5.41) is 15.3. The number of hydrogen-bond donors (Lipinski definition) is 3. The van der Waals surface area contributed by atoms with Gasteiger partial charge < -0.3 is 20.5 Å². The number of carbonyl (C=O) groups is 1. The topological polar surface area (TPSA) is 70.6 Å². The Morgan fingerprint density at radius 2 is 2.04 bits per heavy atom. The number of carbonyl (C=O) groups excluding carboxylic acids is 1. The summed E-state index contributed by atoms with van der Waals surface area (Å²) in [6, 6.07) is 2.44. The molecule has 0 heterocycles. The number of rotatable bonds is 8. The van der Waals surface area contributed by atoms with Crippen molar-refractivity contribution in [3.63, 3.8) is 0 Å². The molecule has 0 spiro atoms. The molecular formula is C16H24F2N2O3. The zero-order valence-corrected chi connectivity index (χ0v) is 13.7. The van der Waals surface area contributed by atoms with Gasteiger partial charge in [-0.3, -0.25) is 0 Å². The Labute approximate surface area is 135 Å². The fourth-order valence-electron chi connectivity index (χ4n) is 1.93. The van der Waals surface area contributed by atoms with Crippen LogP contribution >= 0.6 is 0 Å². The van der Waals surface area contributed by atoms with Crippen LogP contribution in [-0.4, -0.2) is 36.9 Å². The molecule has 0 aliphatic carbocycles. The third-order valence-corrected chi connectivity index (χ3v) is 3.16. The molecule has 3 N–H and O–H groups in total. The molecule has 1 atom stereocenters. The SMILES string of the molecule is CC(C)OCCCNC(=O)NCC(C)(O)c1ccc(F)cc1F. The highest BCUT2D eigenvalue weighted by molar-refractivity contribution is 5.73. The smallest absolute Gasteiger partial charge is 0.314 e. The van der Waals surface area contributed by atoms with Gasteiger partial charge in [0.25, 0.3) is 0 Å². The molecule has 5 nitrogen and oxygen atoms in total. The molecule has 1 rings (SSSR count). The molecule has 0 aromatic heterocycles. The van der Waals surface area contributed by atoms with Gasteiger partial charge >= 0.3 is 6.03 Å². The van der Waals surface area contributed by atoms with Gasteiger partial charge in [0, 0.05) is 24.8 Å². The van der Waals surface area contributed by atoms with Gasteiger partial charge in [-0.15, -0.1) is 0 Å². The van der Waals surface area contributed by atoms with E-state index in [1.807, 2.05) is 13.8 Å². The number of nitrogens with one attached hydrogen (secondary N) is 2. The van der Waals surface area contributed by atoms with Crippen molar-refractivity contribution in [2.75, 3.05) is 19.7 Å². The maximum absolute atomic E-state index is 13.7. The van der Waals surface area contributed by atoms with Gasteiger partial charge in [0.15, 0.2) is 0 Å². The van der Waals surface area contributed by atoms with Crippen LogP contribution in [0.25, 0.3) is 0 Å². The van der Waals surface area contributed by atoms with Crippen molar-refractivity contribution in [1.29, 1.82) is 0 Å². The maximum Gasteiger partial charge on any atom is 0.314 e. The molecule has 1 unspecified atom stereocenters. The summed E-state index contributed by atoms with van der Waals surface area (Å²) in [7, 11) is 0. The standard InChI is InChI=1S/C16H24F2N2O3/c1-11(2)23-8-4-7-19-15(21)20-10-16(3,22)13-6-5-12(17)9-14(13)18/h5-6,9,11,22H,4,7-8,10H2,1-3H3,(H2,19,20,21). The summed E-state index contributed by atoms with van der Waals surface area (Å²) in [5.41, 5.74) is -1.72. The summed E-state index contributed by atoms with van der Waals surface area (Å²) < 4.78 is 31.9. The molecular weight excluding hydrogens is 306 g/mol. The largest absolute Gasteiger partial charge is 0.383 e. The lowest BCUT2D eigenvalue weighted by Crippen LogP contribution is -2.44. The molecule has 1 aromatic rings. The molecule has 130 valence electrons. The number of urea groups is 1. The van der Waals surface area contributed by atoms with E-state index in [2.05, 4.69) is 10.6 Å². The first-order valence-electron chi connectivity index (χ1n) is 7.53. The average molecular weight is 330 g/mol. The fraction of sp³-hybridized carbons (Fsp3) is 0.562. The first-order chi connectivity index (χ1) is 10.7. The Balaban J connectivity index is 2.39. The van der Waals surface area contributed by atoms with Crippen LogP contribution in [-0.2, 0) is 10.3 Å². The zero-order chi connectivity index (χ0) is 17.5. The molecule has 1 aromatic carbocycles. The minimum Gasteiger partial charge on any atom is -0.383 e. The second-order valence-electron chi connectivity index (χ2n) is 5.78. The van der Waals surface area contributed by atoms with Crippen molar-refractivity contribution < 1.29 is 23.4 Å². The van der Waals surface area contributed by atoms with E-state index in [0.29, 0.717) is 25.6 Å². The summed E-state index contributed by atoms with van der Waals surface area (Å²) in [6.07, 6.45) is 0.804. The van der Waals surface area contributed by atoms with E-state index in [9.17, 15) is 18.7 Å². The molecule has 0 radical (unpaired) electrons. The third-order valence-electron chi connectivity index (χ3n) is 3.16. The van der Waals surface area contributed by atoms with Crippen molar-refractivity contribution in [3.05, 3.63) is 35.4 Å². The predicted octanol–water partition coefficient (Wildman–Crippen LogP) is 2.29. The Kier molecular flexibility index (Phi) is 7.38. The van der Waals surface area contributed by atoms with Crippen LogP contribution in [0.1, 0.15) is 32.8 Å². The molecule has 0 saturated heterocycles. The second kappa shape index (κ2) is 8.79. The lowest BCUT2D eigenvalue weighted by Gasteiger charge is -2.24. The molecule has 2 amide bonds. The van der Waals surface area contributed by atoms with Gasteiger partial charge in [-0.2, -0.15) is 0 Å². The number of amides is 2. The summed E-state index contributed by atoms with van der Waals surface area (Å²) in [5.74, 6) is -1.58. The van der Waals surface area contributed by atoms with Crippen molar-refractivity contribution in [1.82, 2.24) is 10.6 Å². The van der Waals surface area contributed by atoms with Crippen LogP contribution < -0.4 is 10.6 Å². The van der Waals surface area contributed by atoms with Crippen molar-refractivity contribution >= 4 is 6.03 Å². The van der Waals surface area contributed by atoms with E-state index < -0.39 is 23.3 Å². The maximum atomic E-state index is 13.7. The molecule has 0 aliphatic rings. The van der Waals surface area contributed by atoms with Crippen molar-refractivity contribution in [2.45, 2.75) is 38.9 Å². The number of halogens is 2. The van der Waals surface area contributed by atoms with Crippen LogP contribution in [0.2, 0.25) is 0 Å². The molecule has 0 bridgehead atoms. The van der Waals surface area contributed by atoms with E-state index in [4.69, 9.17) is 4.74 Å². The Hall–Kier alpha value is -1.73. The summed E-state index contributed by atoms with van der Waals surface area (Å²) in [6.45, 7) is 5.96. The van der Waals surface area contributed by atoms with Crippen molar-refractivity contribution in [3.8, 4) is 0 Å². The van der Waals surface area contributed by atoms with Gasteiger partial charge in [0.2, 0.25) is 0 Å². The van der Waals surface area contributed by atoms with Gasteiger partial charge in [-0.1, -0.05) is 6.07 Å². The summed E-state index contributed by atoms with van der Waals surface area (Å²) >= 11 is 0. The van der Waals surface area contributed by atoms with Crippen LogP contribution in [0.4, 0.5) is 13.6 Å². The highest BCUT2D eigenvalue weighted by Crippen LogP contribution is 2.23. The van der Waals surface area contributed by atoms with E-state index >= 15 is 0 Å². The number of benzene rings is 1. The van der Waals surface area contributed by atoms with Gasteiger partial charge in [-0.05, 0) is 33.3 Å². The zero-order valence-electron chi connectivity index (χ0n) is 13.7. The minimum absolute atomic E-state index is 0.0791. The Morgan fingerprint density at radius 1 is 1.35 bits per heavy atom. The highest BCUT2D eigenvalue weighted by atomic mass is 19.1. The predicted molar refractivity (Wildman–Crippen MR) is 83.0 cm³/mol. The summed E-state index contributed by atoms with van der Waals surface area (Å²) in [4.78, 5) is 11.6. The molecule has 0 aliphatic heterocycles. The van der Waals surface area contributed by atoms with Crippen molar-refractivity contribution in [2.24, 2.45) is 0 Å². The average Bonchev–Trinajstić information content (AvgIpc) is 2.44. The number of aliphatic hydroxyl groups is 1. The first-order valence-corrected chi connectivity index (χ1v) is 7.53. The van der Waals surface area contributed by atoms with E-state index in [-0.39, 0.29) is 18.2 Å². The quantitative estimate of drug-likeness (QED) is 0.641.